The number of hydrogen-bond donors (Lipinski definition) is 1. The van der Waals surface area contributed by atoms with Crippen molar-refractivity contribution in [2.24, 2.45) is 0 Å². The van der Waals surface area contributed by atoms with E-state index in [0.29, 0.717) is 6.42 Å². The summed E-state index contributed by atoms with van der Waals surface area (Å²) in [5, 5.41) is 9.50. The Hall–Kier alpha value is -2.13. The number of alkyl halides is 3. The van der Waals surface area contributed by atoms with Crippen molar-refractivity contribution in [3.63, 3.8) is 0 Å². The summed E-state index contributed by atoms with van der Waals surface area (Å²) in [7, 11) is 0. The lowest BCUT2D eigenvalue weighted by Crippen LogP contribution is -2.54. The van der Waals surface area contributed by atoms with Gasteiger partial charge in [0.15, 0.2) is 0 Å². The zero-order valence-corrected chi connectivity index (χ0v) is 13.7. The van der Waals surface area contributed by atoms with Gasteiger partial charge in [0.1, 0.15) is 5.75 Å². The summed E-state index contributed by atoms with van der Waals surface area (Å²) >= 11 is 5.96. The van der Waals surface area contributed by atoms with Crippen LogP contribution in [0.4, 0.5) is 13.2 Å². The summed E-state index contributed by atoms with van der Waals surface area (Å²) in [6, 6.07) is 2.76. The molecule has 1 aromatic rings. The van der Waals surface area contributed by atoms with Crippen LogP contribution in [0.25, 0.3) is 6.08 Å². The molecule has 0 aromatic heterocycles. The van der Waals surface area contributed by atoms with Crippen molar-refractivity contribution in [1.82, 2.24) is 0 Å². The van der Waals surface area contributed by atoms with Crippen LogP contribution in [0, 0.1) is 11.8 Å². The van der Waals surface area contributed by atoms with Crippen molar-refractivity contribution >= 4 is 23.6 Å². The van der Waals surface area contributed by atoms with Gasteiger partial charge in [0.2, 0.25) is 5.60 Å². The predicted octanol–water partition coefficient (Wildman–Crippen LogP) is 4.67. The highest BCUT2D eigenvalue weighted by molar-refractivity contribution is 6.31. The Morgan fingerprint density at radius 1 is 1.38 bits per heavy atom. The molecule has 0 saturated heterocycles. The van der Waals surface area contributed by atoms with Gasteiger partial charge in [0.05, 0.1) is 11.1 Å². The molecule has 0 radical (unpaired) electrons. The van der Waals surface area contributed by atoms with Gasteiger partial charge < -0.3 is 9.84 Å². The SMILES string of the molecule is CCC#Cc1cc(Cl)cc2c1OC(CC)(C(F)(F)F)C(C(=O)O)=C2. The summed E-state index contributed by atoms with van der Waals surface area (Å²) in [5.41, 5.74) is -3.44. The van der Waals surface area contributed by atoms with Crippen LogP contribution in [0.15, 0.2) is 17.7 Å². The first kappa shape index (κ1) is 18.2. The van der Waals surface area contributed by atoms with E-state index in [0.717, 1.165) is 6.08 Å². The molecule has 3 nitrogen and oxygen atoms in total. The molecule has 128 valence electrons. The molecule has 1 aromatic carbocycles. The molecule has 0 saturated carbocycles. The van der Waals surface area contributed by atoms with Crippen molar-refractivity contribution in [3.05, 3.63) is 33.9 Å². The van der Waals surface area contributed by atoms with Crippen LogP contribution in [0.2, 0.25) is 5.02 Å². The maximum atomic E-state index is 13.7. The number of carboxylic acid groups (broad SMARTS) is 1. The second-order valence-electron chi connectivity index (χ2n) is 5.17. The maximum absolute atomic E-state index is 13.7. The fourth-order valence-corrected chi connectivity index (χ4v) is 2.75. The first-order chi connectivity index (χ1) is 11.2. The lowest BCUT2D eigenvalue weighted by Gasteiger charge is -2.39. The highest BCUT2D eigenvalue weighted by Gasteiger charge is 2.62. The van der Waals surface area contributed by atoms with E-state index in [-0.39, 0.29) is 21.9 Å². The number of fused-ring (bicyclic) bond motifs is 1. The molecule has 1 aliphatic rings. The van der Waals surface area contributed by atoms with Crippen LogP contribution in [0.3, 0.4) is 0 Å². The van der Waals surface area contributed by atoms with Gasteiger partial charge in [0, 0.05) is 17.0 Å². The van der Waals surface area contributed by atoms with Crippen molar-refractivity contribution in [2.45, 2.75) is 38.5 Å². The number of aliphatic carboxylic acids is 1. The topological polar surface area (TPSA) is 46.5 Å². The van der Waals surface area contributed by atoms with Crippen LogP contribution in [0.1, 0.15) is 37.8 Å². The Labute approximate surface area is 142 Å². The summed E-state index contributed by atoms with van der Waals surface area (Å²) in [6.45, 7) is 3.02. The molecule has 0 fully saturated rings. The van der Waals surface area contributed by atoms with Gasteiger partial charge >= 0.3 is 12.1 Å². The lowest BCUT2D eigenvalue weighted by atomic mass is 9.85. The molecule has 1 heterocycles. The first-order valence-corrected chi connectivity index (χ1v) is 7.57. The first-order valence-electron chi connectivity index (χ1n) is 7.20. The molecule has 24 heavy (non-hydrogen) atoms. The van der Waals surface area contributed by atoms with Gasteiger partial charge in [-0.2, -0.15) is 13.2 Å². The van der Waals surface area contributed by atoms with Crippen molar-refractivity contribution in [2.75, 3.05) is 0 Å². The number of benzene rings is 1. The van der Waals surface area contributed by atoms with Crippen molar-refractivity contribution in [3.8, 4) is 17.6 Å². The second kappa shape index (κ2) is 6.40. The Morgan fingerprint density at radius 2 is 2.04 bits per heavy atom. The van der Waals surface area contributed by atoms with E-state index >= 15 is 0 Å². The van der Waals surface area contributed by atoms with E-state index < -0.39 is 29.7 Å². The third kappa shape index (κ3) is 2.96. The van der Waals surface area contributed by atoms with E-state index in [1.807, 2.05) is 0 Å². The summed E-state index contributed by atoms with van der Waals surface area (Å²) < 4.78 is 46.3. The Balaban J connectivity index is 2.79. The lowest BCUT2D eigenvalue weighted by molar-refractivity contribution is -0.236. The highest BCUT2D eigenvalue weighted by Crippen LogP contribution is 2.48. The van der Waals surface area contributed by atoms with E-state index in [1.165, 1.54) is 19.1 Å². The van der Waals surface area contributed by atoms with Gasteiger partial charge in [-0.1, -0.05) is 37.3 Å². The minimum atomic E-state index is -4.90. The number of hydrogen-bond acceptors (Lipinski definition) is 2. The van der Waals surface area contributed by atoms with Gasteiger partial charge in [0.25, 0.3) is 0 Å². The summed E-state index contributed by atoms with van der Waals surface area (Å²) in [4.78, 5) is 11.4. The van der Waals surface area contributed by atoms with Gasteiger partial charge in [-0.15, -0.1) is 0 Å². The average Bonchev–Trinajstić information content (AvgIpc) is 2.49. The third-order valence-corrected chi connectivity index (χ3v) is 3.90. The molecule has 1 unspecified atom stereocenters. The molecular weight excluding hydrogens is 345 g/mol. The number of carboxylic acids is 1. The normalized spacial score (nSPS) is 19.5. The predicted molar refractivity (Wildman–Crippen MR) is 83.9 cm³/mol. The molecule has 1 atom stereocenters. The average molecular weight is 359 g/mol. The van der Waals surface area contributed by atoms with Gasteiger partial charge in [-0.3, -0.25) is 0 Å². The molecule has 0 spiro atoms. The number of carbonyl (C=O) groups is 1. The fraction of sp³-hybridized carbons (Fsp3) is 0.353. The van der Waals surface area contributed by atoms with E-state index in [4.69, 9.17) is 16.3 Å². The zero-order chi connectivity index (χ0) is 18.1. The quantitative estimate of drug-likeness (QED) is 0.781. The fourth-order valence-electron chi connectivity index (χ4n) is 2.52. The summed E-state index contributed by atoms with van der Waals surface area (Å²) in [6.07, 6.45) is -4.03. The van der Waals surface area contributed by atoms with Crippen LogP contribution >= 0.6 is 11.6 Å². The molecule has 7 heteroatoms. The van der Waals surface area contributed by atoms with Gasteiger partial charge in [-0.25, -0.2) is 4.79 Å². The van der Waals surface area contributed by atoms with Crippen LogP contribution < -0.4 is 4.74 Å². The second-order valence-corrected chi connectivity index (χ2v) is 5.61. The zero-order valence-electron chi connectivity index (χ0n) is 12.9. The Morgan fingerprint density at radius 3 is 2.54 bits per heavy atom. The Bertz CT molecular complexity index is 772. The minimum absolute atomic E-state index is 0.107. The van der Waals surface area contributed by atoms with E-state index in [2.05, 4.69) is 11.8 Å². The number of ether oxygens (including phenoxy) is 1. The summed E-state index contributed by atoms with van der Waals surface area (Å²) in [5.74, 6) is 3.67. The van der Waals surface area contributed by atoms with Crippen molar-refractivity contribution in [1.29, 1.82) is 0 Å². The molecule has 0 aliphatic carbocycles. The number of halogens is 4. The highest BCUT2D eigenvalue weighted by atomic mass is 35.5. The standard InChI is InChI=1S/C17H14ClF3O3/c1-3-5-6-10-7-12(18)8-11-9-13(15(22)23)16(4-2,17(19,20)21)24-14(10)11/h7-9H,3-4H2,1-2H3,(H,22,23). The molecule has 0 bridgehead atoms. The minimum Gasteiger partial charge on any atom is -0.478 e. The van der Waals surface area contributed by atoms with E-state index in [9.17, 15) is 23.1 Å². The van der Waals surface area contributed by atoms with Crippen LogP contribution in [0.5, 0.6) is 5.75 Å². The van der Waals surface area contributed by atoms with Crippen molar-refractivity contribution < 1.29 is 27.8 Å². The molecule has 0 amide bonds. The smallest absolute Gasteiger partial charge is 0.432 e. The van der Waals surface area contributed by atoms with E-state index in [1.54, 1.807) is 6.92 Å². The van der Waals surface area contributed by atoms with Crippen LogP contribution in [-0.2, 0) is 4.79 Å². The maximum Gasteiger partial charge on any atom is 0.432 e. The third-order valence-electron chi connectivity index (χ3n) is 3.68. The Kier molecular flexibility index (Phi) is 4.86. The van der Waals surface area contributed by atoms with Gasteiger partial charge in [-0.05, 0) is 24.6 Å². The largest absolute Gasteiger partial charge is 0.478 e. The monoisotopic (exact) mass is 358 g/mol. The molecule has 1 N–H and O–H groups in total. The number of rotatable bonds is 2. The van der Waals surface area contributed by atoms with Crippen LogP contribution in [-0.4, -0.2) is 22.9 Å². The molecule has 1 aliphatic heterocycles. The molecular formula is C17H14ClF3O3. The molecule has 2 rings (SSSR count).